The van der Waals surface area contributed by atoms with Crippen LogP contribution in [-0.2, 0) is 9.53 Å². The second-order valence-electron chi connectivity index (χ2n) is 2.22. The normalized spacial score (nSPS) is 20.5. The first-order valence-electron chi connectivity index (χ1n) is 3.59. The Balaban J connectivity index is 2.65. The highest BCUT2D eigenvalue weighted by Crippen LogP contribution is 2.30. The number of carbonyl (C=O) groups excluding carboxylic acids is 1. The van der Waals surface area contributed by atoms with Gasteiger partial charge in [-0.05, 0) is 6.92 Å². The highest BCUT2D eigenvalue weighted by atomic mass is 32.2. The molecule has 1 amide bonds. The van der Waals surface area contributed by atoms with Crippen molar-refractivity contribution in [2.45, 2.75) is 6.92 Å². The SMILES string of the molecule is C/C=C1/SC(=S)N(COCO)C1=O. The first-order chi connectivity index (χ1) is 6.20. The largest absolute Gasteiger partial charge is 0.371 e. The number of allylic oxidation sites excluding steroid dienone is 1. The van der Waals surface area contributed by atoms with E-state index in [1.165, 1.54) is 16.7 Å². The Bertz CT molecular complexity index is 264. The zero-order chi connectivity index (χ0) is 9.84. The van der Waals surface area contributed by atoms with Gasteiger partial charge in [0, 0.05) is 0 Å². The van der Waals surface area contributed by atoms with Crippen LogP contribution in [0.4, 0.5) is 0 Å². The summed E-state index contributed by atoms with van der Waals surface area (Å²) in [7, 11) is 0. The van der Waals surface area contributed by atoms with E-state index in [2.05, 4.69) is 4.74 Å². The number of hydrogen-bond acceptors (Lipinski definition) is 5. The van der Waals surface area contributed by atoms with Crippen LogP contribution in [0.5, 0.6) is 0 Å². The fourth-order valence-corrected chi connectivity index (χ4v) is 1.99. The van der Waals surface area contributed by atoms with E-state index >= 15 is 0 Å². The second-order valence-corrected chi connectivity index (χ2v) is 3.89. The van der Waals surface area contributed by atoms with Crippen LogP contribution in [0.25, 0.3) is 0 Å². The molecule has 0 spiro atoms. The molecule has 0 aromatic heterocycles. The van der Waals surface area contributed by atoms with Gasteiger partial charge in [0.25, 0.3) is 5.91 Å². The third kappa shape index (κ3) is 2.28. The molecule has 1 rings (SSSR count). The summed E-state index contributed by atoms with van der Waals surface area (Å²) < 4.78 is 5.15. The Morgan fingerprint density at radius 3 is 2.92 bits per heavy atom. The van der Waals surface area contributed by atoms with Gasteiger partial charge < -0.3 is 9.84 Å². The van der Waals surface area contributed by atoms with Crippen molar-refractivity contribution in [2.75, 3.05) is 13.5 Å². The lowest BCUT2D eigenvalue weighted by molar-refractivity contribution is -0.128. The molecule has 1 heterocycles. The molecule has 4 nitrogen and oxygen atoms in total. The van der Waals surface area contributed by atoms with Crippen molar-refractivity contribution < 1.29 is 14.6 Å². The Labute approximate surface area is 85.5 Å². The van der Waals surface area contributed by atoms with E-state index in [1.807, 2.05) is 0 Å². The maximum absolute atomic E-state index is 11.4. The molecule has 0 aliphatic carbocycles. The minimum absolute atomic E-state index is 0.0124. The van der Waals surface area contributed by atoms with Gasteiger partial charge >= 0.3 is 0 Å². The number of aliphatic hydroxyl groups is 1. The van der Waals surface area contributed by atoms with Crippen molar-refractivity contribution in [1.82, 2.24) is 4.90 Å². The van der Waals surface area contributed by atoms with Crippen molar-refractivity contribution in [1.29, 1.82) is 0 Å². The van der Waals surface area contributed by atoms with E-state index in [1.54, 1.807) is 13.0 Å². The molecule has 0 saturated carbocycles. The van der Waals surface area contributed by atoms with Crippen LogP contribution < -0.4 is 0 Å². The molecular formula is C7H9NO3S2. The predicted octanol–water partition coefficient (Wildman–Crippen LogP) is 0.674. The first-order valence-corrected chi connectivity index (χ1v) is 4.81. The summed E-state index contributed by atoms with van der Waals surface area (Å²) in [6.07, 6.45) is 1.71. The van der Waals surface area contributed by atoms with E-state index in [9.17, 15) is 4.79 Å². The summed E-state index contributed by atoms with van der Waals surface area (Å²) >= 11 is 6.18. The first kappa shape index (κ1) is 10.6. The molecule has 6 heteroatoms. The summed E-state index contributed by atoms with van der Waals surface area (Å²) in [5.41, 5.74) is 0. The standard InChI is InChI=1S/C7H9NO3S2/c1-2-5-6(10)8(3-11-4-9)7(12)13-5/h2,9H,3-4H2,1H3/b5-2+. The third-order valence-electron chi connectivity index (χ3n) is 1.45. The minimum atomic E-state index is -0.414. The topological polar surface area (TPSA) is 49.8 Å². The lowest BCUT2D eigenvalue weighted by atomic mass is 10.5. The predicted molar refractivity (Wildman–Crippen MR) is 53.8 cm³/mol. The van der Waals surface area contributed by atoms with Gasteiger partial charge in [-0.1, -0.05) is 30.1 Å². The van der Waals surface area contributed by atoms with Crippen LogP contribution in [0.15, 0.2) is 11.0 Å². The molecule has 0 aromatic rings. The van der Waals surface area contributed by atoms with Crippen LogP contribution in [0, 0.1) is 0 Å². The van der Waals surface area contributed by atoms with Gasteiger partial charge in [-0.15, -0.1) is 0 Å². The van der Waals surface area contributed by atoms with E-state index in [-0.39, 0.29) is 12.6 Å². The van der Waals surface area contributed by atoms with Gasteiger partial charge in [-0.25, -0.2) is 0 Å². The van der Waals surface area contributed by atoms with Crippen LogP contribution in [0.2, 0.25) is 0 Å². The maximum atomic E-state index is 11.4. The molecule has 1 N–H and O–H groups in total. The fourth-order valence-electron chi connectivity index (χ4n) is 0.835. The fraction of sp³-hybridized carbons (Fsp3) is 0.429. The molecule has 0 aromatic carbocycles. The molecule has 0 bridgehead atoms. The number of aliphatic hydroxyl groups excluding tert-OH is 1. The molecule has 13 heavy (non-hydrogen) atoms. The quantitative estimate of drug-likeness (QED) is 0.429. The van der Waals surface area contributed by atoms with Crippen LogP contribution >= 0.6 is 24.0 Å². The minimum Gasteiger partial charge on any atom is -0.371 e. The zero-order valence-electron chi connectivity index (χ0n) is 7.02. The molecule has 1 aliphatic heterocycles. The average molecular weight is 219 g/mol. The monoisotopic (exact) mass is 219 g/mol. The van der Waals surface area contributed by atoms with Crippen molar-refractivity contribution in [3.8, 4) is 0 Å². The summed E-state index contributed by atoms with van der Waals surface area (Å²) in [4.78, 5) is 13.4. The molecule has 72 valence electrons. The zero-order valence-corrected chi connectivity index (χ0v) is 8.65. The second kappa shape index (κ2) is 4.71. The number of ether oxygens (including phenoxy) is 1. The van der Waals surface area contributed by atoms with E-state index < -0.39 is 6.79 Å². The maximum Gasteiger partial charge on any atom is 0.267 e. The number of thioether (sulfide) groups is 1. The third-order valence-corrected chi connectivity index (χ3v) is 2.94. The molecule has 0 radical (unpaired) electrons. The van der Waals surface area contributed by atoms with Gasteiger partial charge in [0.15, 0.2) is 0 Å². The lowest BCUT2D eigenvalue weighted by Crippen LogP contribution is -2.30. The Kier molecular flexibility index (Phi) is 3.86. The molecule has 0 unspecified atom stereocenters. The number of amides is 1. The Hall–Kier alpha value is -0.430. The number of thiocarbonyl (C=S) groups is 1. The van der Waals surface area contributed by atoms with Gasteiger partial charge in [0.1, 0.15) is 17.8 Å². The number of carbonyl (C=O) groups is 1. The molecule has 1 fully saturated rings. The van der Waals surface area contributed by atoms with Crippen LogP contribution in [0.3, 0.4) is 0 Å². The summed E-state index contributed by atoms with van der Waals surface area (Å²) in [6, 6.07) is 0. The van der Waals surface area contributed by atoms with E-state index in [4.69, 9.17) is 17.3 Å². The van der Waals surface area contributed by atoms with Crippen LogP contribution in [0.1, 0.15) is 6.92 Å². The average Bonchev–Trinajstić information content (AvgIpc) is 2.39. The number of rotatable bonds is 3. The highest BCUT2D eigenvalue weighted by Gasteiger charge is 2.31. The van der Waals surface area contributed by atoms with Crippen molar-refractivity contribution in [3.05, 3.63) is 11.0 Å². The lowest BCUT2D eigenvalue weighted by Gasteiger charge is -2.12. The molecule has 1 aliphatic rings. The van der Waals surface area contributed by atoms with Gasteiger partial charge in [0.2, 0.25) is 0 Å². The number of nitrogens with zero attached hydrogens (tertiary/aromatic N) is 1. The van der Waals surface area contributed by atoms with Gasteiger partial charge in [-0.2, -0.15) is 0 Å². The summed E-state index contributed by atoms with van der Waals surface area (Å²) in [6.45, 7) is 1.37. The van der Waals surface area contributed by atoms with Crippen molar-refractivity contribution >= 4 is 34.2 Å². The van der Waals surface area contributed by atoms with Gasteiger partial charge in [-0.3, -0.25) is 9.69 Å². The van der Waals surface area contributed by atoms with Crippen molar-refractivity contribution in [3.63, 3.8) is 0 Å². The Morgan fingerprint density at radius 1 is 1.77 bits per heavy atom. The molecule has 0 atom stereocenters. The smallest absolute Gasteiger partial charge is 0.267 e. The summed E-state index contributed by atoms with van der Waals surface area (Å²) in [5, 5.41) is 8.40. The highest BCUT2D eigenvalue weighted by molar-refractivity contribution is 8.26. The van der Waals surface area contributed by atoms with E-state index in [0.29, 0.717) is 9.23 Å². The molecule has 1 saturated heterocycles. The Morgan fingerprint density at radius 2 is 2.46 bits per heavy atom. The molecular weight excluding hydrogens is 210 g/mol. The van der Waals surface area contributed by atoms with Crippen molar-refractivity contribution in [2.24, 2.45) is 0 Å². The summed E-state index contributed by atoms with van der Waals surface area (Å²) in [5.74, 6) is -0.161. The van der Waals surface area contributed by atoms with Crippen LogP contribution in [-0.4, -0.2) is 33.8 Å². The van der Waals surface area contributed by atoms with E-state index in [0.717, 1.165) is 0 Å². The van der Waals surface area contributed by atoms with Gasteiger partial charge in [0.05, 0.1) is 4.91 Å². The number of hydrogen-bond donors (Lipinski definition) is 1.